The Bertz CT molecular complexity index is 1780. The molecule has 0 bridgehead atoms. The summed E-state index contributed by atoms with van der Waals surface area (Å²) in [4.78, 5) is 40.8. The van der Waals surface area contributed by atoms with Crippen molar-refractivity contribution in [1.82, 2.24) is 4.98 Å². The zero-order valence-electron chi connectivity index (χ0n) is 21.7. The number of thiazole rings is 1. The molecular weight excluding hydrogens is 573 g/mol. The fourth-order valence-electron chi connectivity index (χ4n) is 4.05. The number of nitriles is 1. The van der Waals surface area contributed by atoms with Crippen LogP contribution in [0.5, 0.6) is 11.5 Å². The number of nitrogens with one attached hydrogen (secondary N) is 2. The lowest BCUT2D eigenvalue weighted by Crippen LogP contribution is -2.18. The molecule has 0 saturated heterocycles. The zero-order chi connectivity index (χ0) is 29.5. The molecule has 4 aromatic rings. The molecule has 1 aliphatic rings. The van der Waals surface area contributed by atoms with Gasteiger partial charge in [-0.3, -0.25) is 19.7 Å². The highest BCUT2D eigenvalue weighted by molar-refractivity contribution is 7.22. The van der Waals surface area contributed by atoms with Gasteiger partial charge < -0.3 is 15.4 Å². The molecule has 10 nitrogen and oxygen atoms in total. The lowest BCUT2D eigenvalue weighted by molar-refractivity contribution is -0.383. The van der Waals surface area contributed by atoms with Crippen molar-refractivity contribution in [1.29, 1.82) is 5.26 Å². The summed E-state index contributed by atoms with van der Waals surface area (Å²) in [6.07, 6.45) is 1.60. The molecule has 0 unspecified atom stereocenters. The molecule has 5 rings (SSSR count). The highest BCUT2D eigenvalue weighted by atomic mass is 35.5. The van der Waals surface area contributed by atoms with Gasteiger partial charge in [0.25, 0.3) is 5.91 Å². The molecule has 1 aromatic heterocycles. The monoisotopic (exact) mass is 593 g/mol. The number of nitrogens with zero attached hydrogens (tertiary/aromatic N) is 3. The number of nitro groups is 1. The van der Waals surface area contributed by atoms with Gasteiger partial charge in [0.1, 0.15) is 16.3 Å². The van der Waals surface area contributed by atoms with Crippen LogP contribution in [0, 0.1) is 33.2 Å². The topological polar surface area (TPSA) is 147 Å². The van der Waals surface area contributed by atoms with Crippen molar-refractivity contribution in [2.45, 2.75) is 32.1 Å². The van der Waals surface area contributed by atoms with Crippen molar-refractivity contribution < 1.29 is 23.6 Å². The first-order valence-corrected chi connectivity index (χ1v) is 13.6. The highest BCUT2D eigenvalue weighted by Crippen LogP contribution is 2.43. The number of rotatable bonds is 8. The average Bonchev–Trinajstić information content (AvgIpc) is 3.70. The molecule has 3 aromatic carbocycles. The van der Waals surface area contributed by atoms with Crippen molar-refractivity contribution in [3.05, 3.63) is 80.6 Å². The number of aromatic nitrogens is 1. The van der Waals surface area contributed by atoms with Crippen LogP contribution in [0.4, 0.5) is 20.9 Å². The van der Waals surface area contributed by atoms with Gasteiger partial charge in [-0.1, -0.05) is 35.1 Å². The Labute approximate surface area is 241 Å². The maximum absolute atomic E-state index is 14.7. The number of benzene rings is 3. The van der Waals surface area contributed by atoms with E-state index in [-0.39, 0.29) is 55.1 Å². The average molecular weight is 594 g/mol. The number of fused-ring (bicyclic) bond motifs is 1. The Morgan fingerprint density at radius 1 is 1.22 bits per heavy atom. The number of hydrogen-bond donors (Lipinski definition) is 2. The van der Waals surface area contributed by atoms with Crippen molar-refractivity contribution in [2.24, 2.45) is 5.92 Å². The number of amides is 2. The minimum atomic E-state index is -0.968. The van der Waals surface area contributed by atoms with Gasteiger partial charge in [-0.2, -0.15) is 5.26 Å². The van der Waals surface area contributed by atoms with Gasteiger partial charge in [-0.25, -0.2) is 9.37 Å². The summed E-state index contributed by atoms with van der Waals surface area (Å²) in [5.41, 5.74) is -0.803. The number of anilines is 2. The SMILES string of the molecule is CC(C)(C#N)c1cccc(C(=O)Nc2cc(Oc3ccc4nc(NC(=O)C5CC5)sc4c3[N+](=O)[O-])ccc2F)c1Cl. The van der Waals surface area contributed by atoms with Crippen LogP contribution >= 0.6 is 22.9 Å². The van der Waals surface area contributed by atoms with E-state index in [9.17, 15) is 29.4 Å². The number of carbonyl (C=O) groups is 2. The smallest absolute Gasteiger partial charge is 0.330 e. The predicted molar refractivity (Wildman–Crippen MR) is 152 cm³/mol. The normalized spacial score (nSPS) is 13.0. The van der Waals surface area contributed by atoms with Crippen LogP contribution in [0.15, 0.2) is 48.5 Å². The third kappa shape index (κ3) is 5.68. The molecule has 41 heavy (non-hydrogen) atoms. The van der Waals surface area contributed by atoms with Gasteiger partial charge in [0.15, 0.2) is 5.13 Å². The van der Waals surface area contributed by atoms with Crippen LogP contribution in [0.25, 0.3) is 10.2 Å². The fourth-order valence-corrected chi connectivity index (χ4v) is 5.48. The molecule has 1 saturated carbocycles. The van der Waals surface area contributed by atoms with Gasteiger partial charge in [0.05, 0.1) is 38.2 Å². The molecule has 208 valence electrons. The third-order valence-electron chi connectivity index (χ3n) is 6.47. The quantitative estimate of drug-likeness (QED) is 0.162. The second-order valence-electron chi connectivity index (χ2n) is 9.90. The van der Waals surface area contributed by atoms with Crippen molar-refractivity contribution in [2.75, 3.05) is 10.6 Å². The van der Waals surface area contributed by atoms with E-state index in [1.54, 1.807) is 26.0 Å². The Morgan fingerprint density at radius 2 is 1.98 bits per heavy atom. The van der Waals surface area contributed by atoms with E-state index < -0.39 is 22.1 Å². The lowest BCUT2D eigenvalue weighted by atomic mass is 9.85. The number of carbonyl (C=O) groups excluding carboxylic acids is 2. The molecule has 1 heterocycles. The van der Waals surface area contributed by atoms with Crippen molar-refractivity contribution >= 4 is 61.5 Å². The van der Waals surface area contributed by atoms with Crippen LogP contribution in [0.2, 0.25) is 5.02 Å². The van der Waals surface area contributed by atoms with Crippen LogP contribution in [-0.2, 0) is 10.2 Å². The first-order valence-electron chi connectivity index (χ1n) is 12.4. The highest BCUT2D eigenvalue weighted by Gasteiger charge is 2.31. The predicted octanol–water partition coefficient (Wildman–Crippen LogP) is 7.19. The van der Waals surface area contributed by atoms with Gasteiger partial charge in [0.2, 0.25) is 11.7 Å². The second kappa shape index (κ2) is 10.8. The molecule has 2 N–H and O–H groups in total. The van der Waals surface area contributed by atoms with Gasteiger partial charge >= 0.3 is 5.69 Å². The lowest BCUT2D eigenvalue weighted by Gasteiger charge is -2.19. The molecule has 0 atom stereocenters. The minimum Gasteiger partial charge on any atom is -0.450 e. The summed E-state index contributed by atoms with van der Waals surface area (Å²) in [6, 6.07) is 13.2. The maximum Gasteiger partial charge on any atom is 0.330 e. The molecule has 1 aliphatic carbocycles. The fraction of sp³-hybridized carbons (Fsp3) is 0.214. The van der Waals surface area contributed by atoms with Crippen molar-refractivity contribution in [3.63, 3.8) is 0 Å². The Balaban J connectivity index is 1.42. The summed E-state index contributed by atoms with van der Waals surface area (Å²) >= 11 is 7.39. The van der Waals surface area contributed by atoms with E-state index in [2.05, 4.69) is 21.7 Å². The van der Waals surface area contributed by atoms with E-state index in [1.165, 1.54) is 30.3 Å². The molecule has 1 fully saturated rings. The zero-order valence-corrected chi connectivity index (χ0v) is 23.2. The molecule has 2 amide bonds. The standard InChI is InChI=1S/C28H21ClFN5O5S/c1-28(2,13-31)17-5-3-4-16(22(17)29)26(37)32-20-12-15(8-9-18(20)30)40-21-11-10-19-24(23(21)35(38)39)41-27(33-19)34-25(36)14-6-7-14/h3-5,8-12,14H,6-7H2,1-2H3,(H,32,37)(H,33,34,36). The summed E-state index contributed by atoms with van der Waals surface area (Å²) in [6.45, 7) is 3.31. The summed E-state index contributed by atoms with van der Waals surface area (Å²) in [5, 5.41) is 26.9. The van der Waals surface area contributed by atoms with Crippen LogP contribution in [-0.4, -0.2) is 21.7 Å². The number of ether oxygens (including phenoxy) is 1. The summed E-state index contributed by atoms with van der Waals surface area (Å²) in [5.74, 6) is -1.86. The number of halogens is 2. The number of nitro benzene ring substituents is 1. The van der Waals surface area contributed by atoms with E-state index in [0.29, 0.717) is 11.1 Å². The summed E-state index contributed by atoms with van der Waals surface area (Å²) < 4.78 is 20.7. The van der Waals surface area contributed by atoms with E-state index in [1.807, 2.05) is 0 Å². The first kappa shape index (κ1) is 27.9. The number of hydrogen-bond acceptors (Lipinski definition) is 8. The third-order valence-corrected chi connectivity index (χ3v) is 7.87. The Morgan fingerprint density at radius 3 is 2.66 bits per heavy atom. The largest absolute Gasteiger partial charge is 0.450 e. The van der Waals surface area contributed by atoms with E-state index in [4.69, 9.17) is 16.3 Å². The van der Waals surface area contributed by atoms with Crippen LogP contribution in [0.1, 0.15) is 42.6 Å². The minimum absolute atomic E-state index is 0.0152. The van der Waals surface area contributed by atoms with Crippen LogP contribution < -0.4 is 15.4 Å². The van der Waals surface area contributed by atoms with E-state index >= 15 is 0 Å². The molecule has 0 radical (unpaired) electrons. The van der Waals surface area contributed by atoms with Gasteiger partial charge in [-0.15, -0.1) is 0 Å². The van der Waals surface area contributed by atoms with Crippen molar-refractivity contribution in [3.8, 4) is 17.6 Å². The molecule has 0 aliphatic heterocycles. The Kier molecular flexibility index (Phi) is 7.33. The maximum atomic E-state index is 14.7. The molecule has 13 heteroatoms. The van der Waals surface area contributed by atoms with Gasteiger partial charge in [0, 0.05) is 12.0 Å². The second-order valence-corrected chi connectivity index (χ2v) is 11.3. The summed E-state index contributed by atoms with van der Waals surface area (Å²) in [7, 11) is 0. The molecule has 0 spiro atoms. The molecular formula is C28H21ClFN5O5S. The van der Waals surface area contributed by atoms with E-state index in [0.717, 1.165) is 30.2 Å². The van der Waals surface area contributed by atoms with Gasteiger partial charge in [-0.05, 0) is 62.6 Å². The first-order chi connectivity index (χ1) is 19.5. The Hall–Kier alpha value is -4.60. The van der Waals surface area contributed by atoms with Crippen LogP contribution in [0.3, 0.4) is 0 Å².